The van der Waals surface area contributed by atoms with E-state index in [0.717, 1.165) is 28.3 Å². The maximum atomic E-state index is 12.6. The van der Waals surface area contributed by atoms with Crippen LogP contribution in [0.15, 0.2) is 78.0 Å². The molecule has 1 aromatic heterocycles. The third-order valence-electron chi connectivity index (χ3n) is 5.12. The van der Waals surface area contributed by atoms with Gasteiger partial charge in [0.05, 0.1) is 25.2 Å². The first-order valence-electron chi connectivity index (χ1n) is 10.9. The van der Waals surface area contributed by atoms with E-state index in [1.807, 2.05) is 91.2 Å². The summed E-state index contributed by atoms with van der Waals surface area (Å²) in [5.74, 6) is 2.31. The van der Waals surface area contributed by atoms with Crippen LogP contribution in [0.5, 0.6) is 11.5 Å². The average Bonchev–Trinajstić information content (AvgIpc) is 3.28. The number of carbonyl (C=O) groups excluding carboxylic acids is 1. The fourth-order valence-corrected chi connectivity index (χ4v) is 4.20. The molecule has 174 valence electrons. The van der Waals surface area contributed by atoms with Crippen LogP contribution in [0.25, 0.3) is 17.1 Å². The van der Waals surface area contributed by atoms with Crippen LogP contribution < -0.4 is 14.8 Å². The SMILES string of the molecule is CCOc1ccc(NC(=O)CSc2nnc(-c3ccc(OC)cc3)n2-c2ccccc2C)cc1. The Balaban J connectivity index is 1.56. The van der Waals surface area contributed by atoms with Crippen LogP contribution in [0.4, 0.5) is 5.69 Å². The van der Waals surface area contributed by atoms with Crippen molar-refractivity contribution in [2.45, 2.75) is 19.0 Å². The van der Waals surface area contributed by atoms with Gasteiger partial charge in [0.15, 0.2) is 11.0 Å². The van der Waals surface area contributed by atoms with Gasteiger partial charge in [-0.15, -0.1) is 10.2 Å². The van der Waals surface area contributed by atoms with Crippen molar-refractivity contribution in [1.82, 2.24) is 14.8 Å². The molecule has 0 atom stereocenters. The highest BCUT2D eigenvalue weighted by molar-refractivity contribution is 7.99. The average molecular weight is 475 g/mol. The number of benzene rings is 3. The van der Waals surface area contributed by atoms with Crippen LogP contribution >= 0.6 is 11.8 Å². The van der Waals surface area contributed by atoms with Gasteiger partial charge in [0.2, 0.25) is 5.91 Å². The summed E-state index contributed by atoms with van der Waals surface area (Å²) in [5, 5.41) is 12.4. The lowest BCUT2D eigenvalue weighted by molar-refractivity contribution is -0.113. The predicted octanol–water partition coefficient (Wildman–Crippen LogP) is 5.38. The number of ether oxygens (including phenoxy) is 2. The molecule has 0 saturated carbocycles. The Kier molecular flexibility index (Phi) is 7.49. The largest absolute Gasteiger partial charge is 0.497 e. The first-order chi connectivity index (χ1) is 16.6. The topological polar surface area (TPSA) is 78.3 Å². The monoisotopic (exact) mass is 474 g/mol. The molecular formula is C26H26N4O3S. The molecule has 1 amide bonds. The zero-order valence-electron chi connectivity index (χ0n) is 19.3. The first-order valence-corrected chi connectivity index (χ1v) is 11.9. The molecule has 0 bridgehead atoms. The highest BCUT2D eigenvalue weighted by atomic mass is 32.2. The van der Waals surface area contributed by atoms with Crippen LogP contribution in [-0.2, 0) is 4.79 Å². The summed E-state index contributed by atoms with van der Waals surface area (Å²) in [6.07, 6.45) is 0. The Morgan fingerprint density at radius 1 is 0.971 bits per heavy atom. The van der Waals surface area contributed by atoms with Gasteiger partial charge in [-0.3, -0.25) is 9.36 Å². The quantitative estimate of drug-likeness (QED) is 0.328. The minimum Gasteiger partial charge on any atom is -0.497 e. The number of thioether (sulfide) groups is 1. The highest BCUT2D eigenvalue weighted by Crippen LogP contribution is 2.30. The smallest absolute Gasteiger partial charge is 0.234 e. The van der Waals surface area contributed by atoms with Crippen molar-refractivity contribution in [2.24, 2.45) is 0 Å². The molecule has 0 fully saturated rings. The van der Waals surface area contributed by atoms with E-state index in [0.29, 0.717) is 23.3 Å². The zero-order valence-corrected chi connectivity index (χ0v) is 20.1. The van der Waals surface area contributed by atoms with E-state index in [-0.39, 0.29) is 11.7 Å². The summed E-state index contributed by atoms with van der Waals surface area (Å²) in [5.41, 5.74) is 3.67. The molecule has 0 radical (unpaired) electrons. The lowest BCUT2D eigenvalue weighted by Crippen LogP contribution is -2.14. The summed E-state index contributed by atoms with van der Waals surface area (Å²) in [7, 11) is 1.64. The van der Waals surface area contributed by atoms with Crippen LogP contribution in [0.1, 0.15) is 12.5 Å². The maximum Gasteiger partial charge on any atom is 0.234 e. The summed E-state index contributed by atoms with van der Waals surface area (Å²) in [6.45, 7) is 4.57. The number of aryl methyl sites for hydroxylation is 1. The number of anilines is 1. The first kappa shape index (κ1) is 23.4. The van der Waals surface area contributed by atoms with Gasteiger partial charge in [-0.1, -0.05) is 30.0 Å². The molecular weight excluding hydrogens is 448 g/mol. The Morgan fingerprint density at radius 2 is 1.68 bits per heavy atom. The van der Waals surface area contributed by atoms with Crippen molar-refractivity contribution in [3.05, 3.63) is 78.4 Å². The molecule has 7 nitrogen and oxygen atoms in total. The van der Waals surface area contributed by atoms with Crippen molar-refractivity contribution in [3.8, 4) is 28.6 Å². The Labute approximate surface area is 203 Å². The summed E-state index contributed by atoms with van der Waals surface area (Å²) in [4.78, 5) is 12.6. The van der Waals surface area contributed by atoms with E-state index in [1.165, 1.54) is 11.8 Å². The number of hydrogen-bond acceptors (Lipinski definition) is 6. The van der Waals surface area contributed by atoms with E-state index in [1.54, 1.807) is 7.11 Å². The minimum absolute atomic E-state index is 0.125. The van der Waals surface area contributed by atoms with Crippen LogP contribution in [0.2, 0.25) is 0 Å². The molecule has 1 heterocycles. The van der Waals surface area contributed by atoms with Crippen molar-refractivity contribution in [1.29, 1.82) is 0 Å². The summed E-state index contributed by atoms with van der Waals surface area (Å²) in [6, 6.07) is 23.0. The fraction of sp³-hybridized carbons (Fsp3) is 0.192. The number of hydrogen-bond donors (Lipinski definition) is 1. The number of amides is 1. The van der Waals surface area contributed by atoms with Crippen molar-refractivity contribution in [2.75, 3.05) is 24.8 Å². The number of rotatable bonds is 9. The number of carbonyl (C=O) groups is 1. The van der Waals surface area contributed by atoms with Gasteiger partial charge >= 0.3 is 0 Å². The standard InChI is InChI=1S/C26H26N4O3S/c1-4-33-22-15-11-20(12-16-22)27-24(31)17-34-26-29-28-25(19-9-13-21(32-3)14-10-19)30(26)23-8-6-5-7-18(23)2/h5-16H,4,17H2,1-3H3,(H,27,31). The van der Waals surface area contributed by atoms with Gasteiger partial charge in [-0.2, -0.15) is 0 Å². The van der Waals surface area contributed by atoms with Gasteiger partial charge in [-0.05, 0) is 74.0 Å². The molecule has 0 spiro atoms. The molecule has 0 saturated heterocycles. The van der Waals surface area contributed by atoms with Gasteiger partial charge in [0.25, 0.3) is 0 Å². The van der Waals surface area contributed by atoms with Crippen molar-refractivity contribution in [3.63, 3.8) is 0 Å². The number of nitrogens with zero attached hydrogens (tertiary/aromatic N) is 3. The molecule has 0 unspecified atom stereocenters. The summed E-state index contributed by atoms with van der Waals surface area (Å²) >= 11 is 1.34. The third-order valence-corrected chi connectivity index (χ3v) is 6.05. The zero-order chi connectivity index (χ0) is 23.9. The second-order valence-corrected chi connectivity index (χ2v) is 8.39. The van der Waals surface area contributed by atoms with Crippen LogP contribution in [0, 0.1) is 6.92 Å². The lowest BCUT2D eigenvalue weighted by Gasteiger charge is -2.13. The number of para-hydroxylation sites is 1. The predicted molar refractivity (Wildman–Crippen MR) is 135 cm³/mol. The second-order valence-electron chi connectivity index (χ2n) is 7.45. The van der Waals surface area contributed by atoms with Gasteiger partial charge < -0.3 is 14.8 Å². The normalized spacial score (nSPS) is 10.7. The van der Waals surface area contributed by atoms with E-state index in [4.69, 9.17) is 9.47 Å². The number of methoxy groups -OCH3 is 1. The van der Waals surface area contributed by atoms with Crippen molar-refractivity contribution < 1.29 is 14.3 Å². The van der Waals surface area contributed by atoms with Crippen LogP contribution in [0.3, 0.4) is 0 Å². The molecule has 0 aliphatic heterocycles. The van der Waals surface area contributed by atoms with Crippen LogP contribution in [-0.4, -0.2) is 40.1 Å². The molecule has 8 heteroatoms. The fourth-order valence-electron chi connectivity index (χ4n) is 3.45. The molecule has 0 aliphatic carbocycles. The number of aromatic nitrogens is 3. The van der Waals surface area contributed by atoms with E-state index < -0.39 is 0 Å². The molecule has 1 N–H and O–H groups in total. The Bertz CT molecular complexity index is 1250. The van der Waals surface area contributed by atoms with E-state index in [2.05, 4.69) is 15.5 Å². The second kappa shape index (κ2) is 10.9. The van der Waals surface area contributed by atoms with E-state index in [9.17, 15) is 4.79 Å². The minimum atomic E-state index is -0.125. The van der Waals surface area contributed by atoms with E-state index >= 15 is 0 Å². The Morgan fingerprint density at radius 3 is 2.35 bits per heavy atom. The molecule has 4 rings (SSSR count). The molecule has 34 heavy (non-hydrogen) atoms. The molecule has 4 aromatic rings. The molecule has 0 aliphatic rings. The third kappa shape index (κ3) is 5.40. The lowest BCUT2D eigenvalue weighted by atomic mass is 10.1. The maximum absolute atomic E-state index is 12.6. The molecule has 3 aromatic carbocycles. The Hall–Kier alpha value is -3.78. The highest BCUT2D eigenvalue weighted by Gasteiger charge is 2.18. The van der Waals surface area contributed by atoms with Crippen molar-refractivity contribution >= 4 is 23.4 Å². The van der Waals surface area contributed by atoms with Gasteiger partial charge in [0, 0.05) is 11.3 Å². The summed E-state index contributed by atoms with van der Waals surface area (Å²) < 4.78 is 12.7. The number of nitrogens with one attached hydrogen (secondary N) is 1. The van der Waals surface area contributed by atoms with Gasteiger partial charge in [-0.25, -0.2) is 0 Å². The van der Waals surface area contributed by atoms with Gasteiger partial charge in [0.1, 0.15) is 11.5 Å².